The van der Waals surface area contributed by atoms with Gasteiger partial charge in [0.1, 0.15) is 11.4 Å². The average molecular weight is 469 g/mol. The lowest BCUT2D eigenvalue weighted by molar-refractivity contribution is -0.140. The van der Waals surface area contributed by atoms with Gasteiger partial charge in [-0.1, -0.05) is 12.1 Å². The van der Waals surface area contributed by atoms with Gasteiger partial charge in [-0.25, -0.2) is 9.18 Å². The Morgan fingerprint density at radius 1 is 1.15 bits per heavy atom. The van der Waals surface area contributed by atoms with Crippen LogP contribution in [-0.4, -0.2) is 42.8 Å². The van der Waals surface area contributed by atoms with Crippen LogP contribution in [0.15, 0.2) is 18.2 Å². The number of nitrogens with one attached hydrogen (secondary N) is 1. The summed E-state index contributed by atoms with van der Waals surface area (Å²) in [5, 5.41) is 2.73. The second kappa shape index (κ2) is 13.8. The third-order valence-electron chi connectivity index (χ3n) is 4.91. The summed E-state index contributed by atoms with van der Waals surface area (Å²) in [4.78, 5) is 34.5. The molecule has 2 amide bonds. The van der Waals surface area contributed by atoms with Gasteiger partial charge in [-0.05, 0) is 70.6 Å². The molecule has 0 fully saturated rings. The Morgan fingerprint density at radius 2 is 1.85 bits per heavy atom. The van der Waals surface area contributed by atoms with E-state index in [9.17, 15) is 18.8 Å². The zero-order valence-corrected chi connectivity index (χ0v) is 20.2. The first-order chi connectivity index (χ1) is 15.4. The summed E-state index contributed by atoms with van der Waals surface area (Å²) in [6.07, 6.45) is 1.42. The first kappa shape index (κ1) is 28.4. The van der Waals surface area contributed by atoms with Crippen LogP contribution >= 0.6 is 0 Å². The maximum absolute atomic E-state index is 14.5. The highest BCUT2D eigenvalue weighted by Crippen LogP contribution is 2.17. The number of halogens is 1. The molecule has 0 heterocycles. The molecule has 3 N–H and O–H groups in total. The third kappa shape index (κ3) is 12.2. The van der Waals surface area contributed by atoms with Gasteiger partial charge in [0.05, 0.1) is 25.9 Å². The molecule has 0 aromatic heterocycles. The fourth-order valence-corrected chi connectivity index (χ4v) is 3.09. The highest BCUT2D eigenvalue weighted by molar-refractivity contribution is 5.74. The number of carbonyl (C=O) groups excluding carboxylic acids is 3. The highest BCUT2D eigenvalue weighted by Gasteiger charge is 2.24. The van der Waals surface area contributed by atoms with Crippen molar-refractivity contribution in [3.63, 3.8) is 0 Å². The van der Waals surface area contributed by atoms with E-state index in [1.165, 1.54) is 13.2 Å². The third-order valence-corrected chi connectivity index (χ3v) is 4.91. The molecule has 0 radical (unpaired) electrons. The Kier molecular flexibility index (Phi) is 11.8. The summed E-state index contributed by atoms with van der Waals surface area (Å²) in [5.41, 5.74) is 5.79. The van der Waals surface area contributed by atoms with E-state index in [1.807, 2.05) is 0 Å². The topological polar surface area (TPSA) is 117 Å². The minimum atomic E-state index is -0.666. The van der Waals surface area contributed by atoms with E-state index >= 15 is 0 Å². The summed E-state index contributed by atoms with van der Waals surface area (Å²) in [6, 6.07) is 4.40. The van der Waals surface area contributed by atoms with Crippen LogP contribution in [0.25, 0.3) is 0 Å². The fourth-order valence-electron chi connectivity index (χ4n) is 3.09. The molecule has 0 aliphatic rings. The first-order valence-electron chi connectivity index (χ1n) is 11.1. The zero-order chi connectivity index (χ0) is 25.0. The number of nitrogens with two attached hydrogens (primary N) is 1. The van der Waals surface area contributed by atoms with Crippen LogP contribution in [0.4, 0.5) is 9.18 Å². The molecule has 33 heavy (non-hydrogen) atoms. The second-order valence-corrected chi connectivity index (χ2v) is 8.98. The summed E-state index contributed by atoms with van der Waals surface area (Å²) in [7, 11) is 1.34. The Hall–Kier alpha value is -2.68. The molecule has 186 valence electrons. The van der Waals surface area contributed by atoms with E-state index in [0.29, 0.717) is 36.8 Å². The number of amides is 2. The van der Waals surface area contributed by atoms with Crippen molar-refractivity contribution in [3.8, 4) is 0 Å². The van der Waals surface area contributed by atoms with Gasteiger partial charge in [0.2, 0.25) is 5.91 Å². The molecule has 0 bridgehead atoms. The second-order valence-electron chi connectivity index (χ2n) is 8.98. The normalized spacial score (nSPS) is 13.2. The van der Waals surface area contributed by atoms with Crippen LogP contribution < -0.4 is 11.1 Å². The molecule has 0 saturated heterocycles. The van der Waals surface area contributed by atoms with Gasteiger partial charge >= 0.3 is 12.1 Å². The smallest absolute Gasteiger partial charge is 0.407 e. The van der Waals surface area contributed by atoms with Gasteiger partial charge in [-0.3, -0.25) is 9.59 Å². The van der Waals surface area contributed by atoms with Gasteiger partial charge in [0.15, 0.2) is 0 Å². The Morgan fingerprint density at radius 3 is 2.42 bits per heavy atom. The molecular weight excluding hydrogens is 431 g/mol. The SMILES string of the molecule is COC(=O)CCCCc1ccc(COC(C)C(CCC(N)=O)NC(=O)OC(C)(C)C)cc1F. The summed E-state index contributed by atoms with van der Waals surface area (Å²) < 4.78 is 30.2. The van der Waals surface area contributed by atoms with E-state index in [-0.39, 0.29) is 31.2 Å². The maximum atomic E-state index is 14.5. The lowest BCUT2D eigenvalue weighted by atomic mass is 10.0. The largest absolute Gasteiger partial charge is 0.469 e. The van der Waals surface area contributed by atoms with E-state index in [2.05, 4.69) is 10.1 Å². The maximum Gasteiger partial charge on any atom is 0.407 e. The lowest BCUT2D eigenvalue weighted by Crippen LogP contribution is -2.45. The van der Waals surface area contributed by atoms with Crippen LogP contribution in [0.3, 0.4) is 0 Å². The molecule has 0 spiro atoms. The van der Waals surface area contributed by atoms with Gasteiger partial charge in [-0.15, -0.1) is 0 Å². The van der Waals surface area contributed by atoms with E-state index < -0.39 is 29.7 Å². The van der Waals surface area contributed by atoms with Crippen molar-refractivity contribution in [2.45, 2.75) is 90.6 Å². The number of ether oxygens (including phenoxy) is 3. The van der Waals surface area contributed by atoms with Crippen molar-refractivity contribution in [1.29, 1.82) is 0 Å². The predicted octanol–water partition coefficient (Wildman–Crippen LogP) is 3.78. The number of carbonyl (C=O) groups is 3. The molecule has 2 unspecified atom stereocenters. The Bertz CT molecular complexity index is 794. The van der Waals surface area contributed by atoms with Crippen molar-refractivity contribution < 1.29 is 33.0 Å². The number of alkyl carbamates (subject to hydrolysis) is 1. The number of primary amides is 1. The minimum absolute atomic E-state index is 0.0769. The molecule has 2 atom stereocenters. The number of benzene rings is 1. The van der Waals surface area contributed by atoms with Crippen LogP contribution in [0.2, 0.25) is 0 Å². The minimum Gasteiger partial charge on any atom is -0.469 e. The monoisotopic (exact) mass is 468 g/mol. The summed E-state index contributed by atoms with van der Waals surface area (Å²) >= 11 is 0. The molecule has 9 heteroatoms. The van der Waals surface area contributed by atoms with Gasteiger partial charge < -0.3 is 25.3 Å². The lowest BCUT2D eigenvalue weighted by Gasteiger charge is -2.27. The molecular formula is C24H37FN2O6. The van der Waals surface area contributed by atoms with Crippen LogP contribution in [-0.2, 0) is 36.8 Å². The molecule has 1 aromatic rings. The fraction of sp³-hybridized carbons (Fsp3) is 0.625. The molecule has 0 aliphatic heterocycles. The van der Waals surface area contributed by atoms with E-state index in [1.54, 1.807) is 39.8 Å². The van der Waals surface area contributed by atoms with Crippen molar-refractivity contribution in [2.24, 2.45) is 5.73 Å². The number of hydrogen-bond acceptors (Lipinski definition) is 6. The Labute approximate surface area is 195 Å². The van der Waals surface area contributed by atoms with Crippen LogP contribution in [0.1, 0.15) is 70.9 Å². The zero-order valence-electron chi connectivity index (χ0n) is 20.2. The predicted molar refractivity (Wildman–Crippen MR) is 122 cm³/mol. The first-order valence-corrected chi connectivity index (χ1v) is 11.1. The standard InChI is InChI=1S/C24H37FN2O6/c1-16(20(12-13-21(26)28)27-23(30)33-24(2,3)4)32-15-17-10-11-18(19(25)14-17)8-6-7-9-22(29)31-5/h10-11,14,16,20H,6-9,12-13,15H2,1-5H3,(H2,26,28)(H,27,30). The van der Waals surface area contributed by atoms with Crippen LogP contribution in [0.5, 0.6) is 0 Å². The van der Waals surface area contributed by atoms with Crippen molar-refractivity contribution in [2.75, 3.05) is 7.11 Å². The van der Waals surface area contributed by atoms with Gasteiger partial charge in [0.25, 0.3) is 0 Å². The van der Waals surface area contributed by atoms with Crippen LogP contribution in [0, 0.1) is 5.82 Å². The molecule has 0 saturated carbocycles. The molecule has 1 aromatic carbocycles. The number of esters is 1. The Balaban J connectivity index is 2.64. The quantitative estimate of drug-likeness (QED) is 0.336. The number of methoxy groups -OCH3 is 1. The average Bonchev–Trinajstić information content (AvgIpc) is 2.71. The number of rotatable bonds is 13. The molecule has 0 aliphatic carbocycles. The number of hydrogen-bond donors (Lipinski definition) is 2. The van der Waals surface area contributed by atoms with E-state index in [0.717, 1.165) is 0 Å². The summed E-state index contributed by atoms with van der Waals surface area (Å²) in [6.45, 7) is 7.14. The number of aryl methyl sites for hydroxylation is 1. The van der Waals surface area contributed by atoms with E-state index in [4.69, 9.17) is 15.2 Å². The van der Waals surface area contributed by atoms with Crippen molar-refractivity contribution >= 4 is 18.0 Å². The molecule has 8 nitrogen and oxygen atoms in total. The van der Waals surface area contributed by atoms with Crippen molar-refractivity contribution in [3.05, 3.63) is 35.1 Å². The highest BCUT2D eigenvalue weighted by atomic mass is 19.1. The molecule has 1 rings (SSSR count). The van der Waals surface area contributed by atoms with Gasteiger partial charge in [0, 0.05) is 12.8 Å². The summed E-state index contributed by atoms with van der Waals surface area (Å²) in [5.74, 6) is -1.09. The number of unbranched alkanes of at least 4 members (excludes halogenated alkanes) is 1. The van der Waals surface area contributed by atoms with Crippen molar-refractivity contribution in [1.82, 2.24) is 5.32 Å². The van der Waals surface area contributed by atoms with Gasteiger partial charge in [-0.2, -0.15) is 0 Å².